The zero-order valence-corrected chi connectivity index (χ0v) is 13.5. The molecular weight excluding hydrogens is 304 g/mol. The molecule has 21 heavy (non-hydrogen) atoms. The molecule has 0 fully saturated rings. The fourth-order valence-corrected chi connectivity index (χ4v) is 4.32. The molecule has 0 saturated heterocycles. The van der Waals surface area contributed by atoms with Crippen LogP contribution in [0.3, 0.4) is 0 Å². The lowest BCUT2D eigenvalue weighted by molar-refractivity contribution is 0.379. The second kappa shape index (κ2) is 5.27. The molecule has 1 aliphatic rings. The highest BCUT2D eigenvalue weighted by Crippen LogP contribution is 2.36. The van der Waals surface area contributed by atoms with E-state index in [-0.39, 0.29) is 6.04 Å². The first-order valence-electron chi connectivity index (χ1n) is 6.63. The molecule has 0 spiro atoms. The van der Waals surface area contributed by atoms with Crippen molar-refractivity contribution in [3.63, 3.8) is 0 Å². The van der Waals surface area contributed by atoms with Crippen LogP contribution in [0.25, 0.3) is 0 Å². The Morgan fingerprint density at radius 2 is 2.00 bits per heavy atom. The minimum absolute atomic E-state index is 0.227. The summed E-state index contributed by atoms with van der Waals surface area (Å²) in [4.78, 5) is 1.02. The fraction of sp³-hybridized carbons (Fsp3) is 0.267. The first kappa shape index (κ1) is 14.3. The van der Waals surface area contributed by atoms with Crippen molar-refractivity contribution in [2.75, 3.05) is 6.26 Å². The van der Waals surface area contributed by atoms with Crippen LogP contribution in [-0.2, 0) is 10.0 Å². The summed E-state index contributed by atoms with van der Waals surface area (Å²) in [5.74, 6) is 0. The second-order valence-corrected chi connectivity index (χ2v) is 7.95. The van der Waals surface area contributed by atoms with Gasteiger partial charge in [-0.2, -0.15) is 9.52 Å². The Morgan fingerprint density at radius 1 is 1.24 bits per heavy atom. The van der Waals surface area contributed by atoms with Gasteiger partial charge in [-0.1, -0.05) is 30.3 Å². The highest BCUT2D eigenvalue weighted by atomic mass is 32.2. The van der Waals surface area contributed by atoms with Gasteiger partial charge in [-0.15, -0.1) is 11.3 Å². The Bertz CT molecular complexity index is 780. The summed E-state index contributed by atoms with van der Waals surface area (Å²) in [7, 11) is -3.38. The van der Waals surface area contributed by atoms with Crippen LogP contribution < -0.4 is 0 Å². The molecule has 1 atom stereocenters. The topological polar surface area (TPSA) is 49.7 Å². The Balaban J connectivity index is 2.04. The minimum Gasteiger partial charge on any atom is -0.205 e. The molecule has 110 valence electrons. The molecule has 2 heterocycles. The molecule has 0 bridgehead atoms. The lowest BCUT2D eigenvalue weighted by Gasteiger charge is -2.19. The van der Waals surface area contributed by atoms with Gasteiger partial charge >= 0.3 is 0 Å². The first-order chi connectivity index (χ1) is 9.97. The van der Waals surface area contributed by atoms with E-state index in [4.69, 9.17) is 0 Å². The molecule has 0 N–H and O–H groups in total. The third kappa shape index (κ3) is 2.73. The van der Waals surface area contributed by atoms with Crippen LogP contribution in [0.5, 0.6) is 0 Å². The summed E-state index contributed by atoms with van der Waals surface area (Å²) in [6.07, 6.45) is 1.82. The van der Waals surface area contributed by atoms with Crippen LogP contribution in [0.4, 0.5) is 0 Å². The Labute approximate surface area is 128 Å². The van der Waals surface area contributed by atoms with Gasteiger partial charge < -0.3 is 0 Å². The highest BCUT2D eigenvalue weighted by molar-refractivity contribution is 7.88. The van der Waals surface area contributed by atoms with E-state index in [1.54, 1.807) is 11.3 Å². The largest absolute Gasteiger partial charge is 0.247 e. The van der Waals surface area contributed by atoms with Gasteiger partial charge in [0.1, 0.15) is 6.04 Å². The Hall–Kier alpha value is -1.66. The van der Waals surface area contributed by atoms with Crippen LogP contribution in [0.1, 0.15) is 28.5 Å². The second-order valence-electron chi connectivity index (χ2n) is 5.13. The molecule has 1 aromatic heterocycles. The van der Waals surface area contributed by atoms with Crippen molar-refractivity contribution in [3.8, 4) is 0 Å². The average Bonchev–Trinajstić information content (AvgIpc) is 3.07. The van der Waals surface area contributed by atoms with E-state index >= 15 is 0 Å². The predicted octanol–water partition coefficient (Wildman–Crippen LogP) is 3.17. The van der Waals surface area contributed by atoms with Crippen molar-refractivity contribution >= 4 is 27.1 Å². The van der Waals surface area contributed by atoms with Gasteiger partial charge in [0.15, 0.2) is 0 Å². The lowest BCUT2D eigenvalue weighted by atomic mass is 9.99. The van der Waals surface area contributed by atoms with Gasteiger partial charge in [0.05, 0.1) is 12.0 Å². The van der Waals surface area contributed by atoms with E-state index < -0.39 is 10.0 Å². The summed E-state index contributed by atoms with van der Waals surface area (Å²) < 4.78 is 25.3. The Morgan fingerprint density at radius 3 is 2.62 bits per heavy atom. The van der Waals surface area contributed by atoms with Gasteiger partial charge in [-0.3, -0.25) is 0 Å². The predicted molar refractivity (Wildman–Crippen MR) is 86.1 cm³/mol. The summed E-state index contributed by atoms with van der Waals surface area (Å²) in [6.45, 7) is 2.01. The number of sulfonamides is 1. The van der Waals surface area contributed by atoms with Crippen molar-refractivity contribution in [2.45, 2.75) is 19.4 Å². The maximum atomic E-state index is 12.0. The molecule has 1 aliphatic heterocycles. The van der Waals surface area contributed by atoms with Crippen LogP contribution in [0, 0.1) is 6.92 Å². The fourth-order valence-electron chi connectivity index (χ4n) is 2.55. The zero-order chi connectivity index (χ0) is 15.0. The van der Waals surface area contributed by atoms with Crippen molar-refractivity contribution < 1.29 is 8.42 Å². The zero-order valence-electron chi connectivity index (χ0n) is 11.9. The third-order valence-corrected chi connectivity index (χ3v) is 5.53. The van der Waals surface area contributed by atoms with Crippen LogP contribution in [0.2, 0.25) is 0 Å². The van der Waals surface area contributed by atoms with Crippen LogP contribution in [0.15, 0.2) is 46.9 Å². The van der Waals surface area contributed by atoms with E-state index in [9.17, 15) is 8.42 Å². The van der Waals surface area contributed by atoms with E-state index in [2.05, 4.69) is 5.10 Å². The number of benzene rings is 1. The molecule has 0 unspecified atom stereocenters. The van der Waals surface area contributed by atoms with Crippen molar-refractivity contribution in [3.05, 3.63) is 57.8 Å². The summed E-state index contributed by atoms with van der Waals surface area (Å²) >= 11 is 1.56. The number of thiophene rings is 1. The van der Waals surface area contributed by atoms with E-state index in [1.807, 2.05) is 48.7 Å². The van der Waals surface area contributed by atoms with E-state index in [0.717, 1.165) is 21.7 Å². The number of hydrazone groups is 1. The molecule has 1 aromatic carbocycles. The molecule has 0 saturated carbocycles. The van der Waals surface area contributed by atoms with Gasteiger partial charge in [-0.05, 0) is 23.9 Å². The van der Waals surface area contributed by atoms with Crippen LogP contribution >= 0.6 is 11.3 Å². The number of aryl methyl sites for hydroxylation is 1. The molecule has 0 amide bonds. The van der Waals surface area contributed by atoms with Crippen molar-refractivity contribution in [1.29, 1.82) is 0 Å². The maximum Gasteiger partial charge on any atom is 0.247 e. The molecule has 6 heteroatoms. The third-order valence-electron chi connectivity index (χ3n) is 3.54. The van der Waals surface area contributed by atoms with Crippen LogP contribution in [-0.4, -0.2) is 24.8 Å². The molecule has 0 aliphatic carbocycles. The highest BCUT2D eigenvalue weighted by Gasteiger charge is 2.35. The summed E-state index contributed by atoms with van der Waals surface area (Å²) in [5, 5.41) is 6.36. The quantitative estimate of drug-likeness (QED) is 0.872. The monoisotopic (exact) mass is 320 g/mol. The number of rotatable bonds is 3. The number of nitrogens with zero attached hydrogens (tertiary/aromatic N) is 2. The molecule has 0 radical (unpaired) electrons. The maximum absolute atomic E-state index is 12.0. The van der Waals surface area contributed by atoms with Crippen molar-refractivity contribution in [1.82, 2.24) is 4.41 Å². The molecular formula is C15H16N2O2S2. The summed E-state index contributed by atoms with van der Waals surface area (Å²) in [6, 6.07) is 11.6. The van der Waals surface area contributed by atoms with E-state index in [1.165, 1.54) is 10.7 Å². The standard InChI is InChI=1S/C15H16N2O2S2/c1-11-6-3-4-7-12(11)13-10-14(15-8-5-9-20-15)17(16-13)21(2,18)19/h3-9,14H,10H2,1-2H3/t14-/m1/s1. The SMILES string of the molecule is Cc1ccccc1C1=NN(S(C)(=O)=O)[C@@H](c2cccs2)C1. The molecule has 3 rings (SSSR count). The normalized spacial score (nSPS) is 18.9. The van der Waals surface area contributed by atoms with E-state index in [0.29, 0.717) is 6.42 Å². The minimum atomic E-state index is -3.38. The van der Waals surface area contributed by atoms with Gasteiger partial charge in [-0.25, -0.2) is 8.42 Å². The average molecular weight is 320 g/mol. The van der Waals surface area contributed by atoms with Crippen molar-refractivity contribution in [2.24, 2.45) is 5.10 Å². The van der Waals surface area contributed by atoms with Gasteiger partial charge in [0.2, 0.25) is 10.0 Å². The van der Waals surface area contributed by atoms with Gasteiger partial charge in [0.25, 0.3) is 0 Å². The Kier molecular flexibility index (Phi) is 3.59. The molecule has 2 aromatic rings. The molecule has 4 nitrogen and oxygen atoms in total. The summed E-state index contributed by atoms with van der Waals surface area (Å²) in [5.41, 5.74) is 2.96. The van der Waals surface area contributed by atoms with Gasteiger partial charge in [0, 0.05) is 16.9 Å². The lowest BCUT2D eigenvalue weighted by Crippen LogP contribution is -2.25. The number of hydrogen-bond acceptors (Lipinski definition) is 4. The smallest absolute Gasteiger partial charge is 0.205 e. The first-order valence-corrected chi connectivity index (χ1v) is 9.36. The number of hydrogen-bond donors (Lipinski definition) is 0.